The van der Waals surface area contributed by atoms with Gasteiger partial charge in [-0.1, -0.05) is 36.9 Å². The summed E-state index contributed by atoms with van der Waals surface area (Å²) >= 11 is 0. The first kappa shape index (κ1) is 28.5. The molecule has 8 nitrogen and oxygen atoms in total. The van der Waals surface area contributed by atoms with E-state index in [4.69, 9.17) is 0 Å². The summed E-state index contributed by atoms with van der Waals surface area (Å²) in [6.45, 7) is 6.40. The lowest BCUT2D eigenvalue weighted by Gasteiger charge is -2.09. The Labute approximate surface area is 212 Å². The van der Waals surface area contributed by atoms with Gasteiger partial charge in [0.1, 0.15) is 12.0 Å². The summed E-state index contributed by atoms with van der Waals surface area (Å²) in [6.07, 6.45) is 4.09. The first-order chi connectivity index (χ1) is 17.4. The monoisotopic (exact) mass is 489 g/mol. The van der Waals surface area contributed by atoms with Crippen LogP contribution in [-0.4, -0.2) is 75.2 Å². The van der Waals surface area contributed by atoms with Crippen LogP contribution in [0.25, 0.3) is 22.0 Å². The van der Waals surface area contributed by atoms with E-state index in [1.165, 1.54) is 25.6 Å². The molecule has 0 bridgehead atoms. The third-order valence-corrected chi connectivity index (χ3v) is 5.60. The molecular weight excluding hydrogens is 454 g/mol. The number of carbonyl (C=O) groups is 3. The number of pyridine rings is 1. The maximum Gasteiger partial charge on any atom is 0.247 e. The van der Waals surface area contributed by atoms with Crippen molar-refractivity contribution in [2.24, 2.45) is 0 Å². The highest BCUT2D eigenvalue weighted by Gasteiger charge is 2.16. The Hall–Kier alpha value is -3.72. The van der Waals surface area contributed by atoms with Crippen LogP contribution in [0.5, 0.6) is 0 Å². The quantitative estimate of drug-likeness (QED) is 0.346. The Kier molecular flexibility index (Phi) is 12.1. The van der Waals surface area contributed by atoms with Crippen molar-refractivity contribution >= 4 is 34.9 Å². The fourth-order valence-corrected chi connectivity index (χ4v) is 3.66. The predicted molar refractivity (Wildman–Crippen MR) is 146 cm³/mol. The van der Waals surface area contributed by atoms with E-state index in [0.717, 1.165) is 35.0 Å². The second-order valence-corrected chi connectivity index (χ2v) is 8.26. The maximum atomic E-state index is 11.6. The maximum absolute atomic E-state index is 11.6. The van der Waals surface area contributed by atoms with Crippen LogP contribution in [-0.2, 0) is 9.59 Å². The van der Waals surface area contributed by atoms with Crippen LogP contribution in [0.2, 0.25) is 0 Å². The van der Waals surface area contributed by atoms with Gasteiger partial charge < -0.3 is 25.6 Å². The van der Waals surface area contributed by atoms with Crippen LogP contribution < -0.4 is 16.0 Å². The summed E-state index contributed by atoms with van der Waals surface area (Å²) in [5, 5.41) is 10.6. The Balaban J connectivity index is 0.000000288. The van der Waals surface area contributed by atoms with E-state index >= 15 is 0 Å². The lowest BCUT2D eigenvalue weighted by atomic mass is 10.0. The molecule has 190 valence electrons. The van der Waals surface area contributed by atoms with Crippen LogP contribution in [0.15, 0.2) is 67.3 Å². The second-order valence-electron chi connectivity index (χ2n) is 8.26. The highest BCUT2D eigenvalue weighted by molar-refractivity contribution is 6.06. The number of nitrogens with one attached hydrogen (secondary N) is 3. The number of aldehydes is 2. The number of carbonyl (C=O) groups excluding carboxylic acids is 3. The minimum Gasteiger partial charge on any atom is -0.322 e. The molecule has 1 atom stereocenters. The molecule has 8 heteroatoms. The van der Waals surface area contributed by atoms with Crippen molar-refractivity contribution in [2.75, 3.05) is 46.1 Å². The molecule has 1 aliphatic heterocycles. The number of likely N-dealkylation sites (tertiary alicyclic amines) is 1. The molecule has 1 saturated heterocycles. The van der Waals surface area contributed by atoms with E-state index in [1.807, 2.05) is 49.5 Å². The van der Waals surface area contributed by atoms with Gasteiger partial charge in [0, 0.05) is 29.2 Å². The number of amides is 1. The standard InChI is InChI=1S/C19H14N2O2.C6H14N2.C3H7NO/c1-2-19(23)21-18-8-3-5-13-9-10-14(11-16(13)18)17-7-4-6-15(12-22)20-17;1-7-6-3-4-8(2)5-6;1-4-2-3-5/h2-12H,1H2,(H,21,23);6-7H,3-5H2,1-2H3;3-4H,2H2,1H3. The topological polar surface area (TPSA) is 103 Å². The van der Waals surface area contributed by atoms with E-state index in [9.17, 15) is 14.4 Å². The number of rotatable bonds is 7. The fourth-order valence-electron chi connectivity index (χ4n) is 3.66. The van der Waals surface area contributed by atoms with Crippen LogP contribution in [0.1, 0.15) is 16.9 Å². The summed E-state index contributed by atoms with van der Waals surface area (Å²) < 4.78 is 0. The molecule has 0 aliphatic carbocycles. The predicted octanol–water partition coefficient (Wildman–Crippen LogP) is 3.15. The molecule has 4 rings (SSSR count). The molecule has 2 heterocycles. The molecule has 0 saturated carbocycles. The minimum atomic E-state index is -0.260. The average Bonchev–Trinajstić information content (AvgIpc) is 3.35. The van der Waals surface area contributed by atoms with Crippen molar-refractivity contribution in [3.05, 3.63) is 72.9 Å². The summed E-state index contributed by atoms with van der Waals surface area (Å²) in [6, 6.07) is 17.6. The van der Waals surface area contributed by atoms with Gasteiger partial charge in [-0.05, 0) is 69.8 Å². The van der Waals surface area contributed by atoms with Crippen LogP contribution in [0, 0.1) is 0 Å². The summed E-state index contributed by atoms with van der Waals surface area (Å²) in [4.78, 5) is 38.5. The van der Waals surface area contributed by atoms with E-state index in [2.05, 4.69) is 39.5 Å². The molecule has 3 aromatic rings. The van der Waals surface area contributed by atoms with E-state index < -0.39 is 0 Å². The zero-order valence-corrected chi connectivity index (χ0v) is 21.2. The van der Waals surface area contributed by atoms with E-state index in [1.54, 1.807) is 19.2 Å². The minimum absolute atomic E-state index is 0.260. The van der Waals surface area contributed by atoms with Gasteiger partial charge in [-0.15, -0.1) is 0 Å². The van der Waals surface area contributed by atoms with Crippen molar-refractivity contribution < 1.29 is 14.4 Å². The summed E-state index contributed by atoms with van der Waals surface area (Å²) in [5.74, 6) is -0.260. The van der Waals surface area contributed by atoms with Crippen molar-refractivity contribution in [3.63, 3.8) is 0 Å². The smallest absolute Gasteiger partial charge is 0.247 e. The normalized spacial score (nSPS) is 14.6. The zero-order chi connectivity index (χ0) is 26.3. The van der Waals surface area contributed by atoms with Crippen molar-refractivity contribution in [2.45, 2.75) is 12.5 Å². The lowest BCUT2D eigenvalue weighted by molar-refractivity contribution is -0.112. The third-order valence-electron chi connectivity index (χ3n) is 5.60. The van der Waals surface area contributed by atoms with E-state index in [0.29, 0.717) is 23.6 Å². The Morgan fingerprint density at radius 2 is 1.92 bits per heavy atom. The van der Waals surface area contributed by atoms with Gasteiger partial charge >= 0.3 is 0 Å². The largest absolute Gasteiger partial charge is 0.322 e. The Bertz CT molecular complexity index is 1160. The van der Waals surface area contributed by atoms with Gasteiger partial charge in [-0.3, -0.25) is 9.59 Å². The molecule has 36 heavy (non-hydrogen) atoms. The third kappa shape index (κ3) is 8.81. The molecule has 3 N–H and O–H groups in total. The Morgan fingerprint density at radius 3 is 2.47 bits per heavy atom. The number of aromatic nitrogens is 1. The summed E-state index contributed by atoms with van der Waals surface area (Å²) in [5.41, 5.74) is 2.68. The van der Waals surface area contributed by atoms with Crippen LogP contribution >= 0.6 is 0 Å². The Morgan fingerprint density at radius 1 is 1.14 bits per heavy atom. The van der Waals surface area contributed by atoms with Gasteiger partial charge in [0.2, 0.25) is 5.91 Å². The first-order valence-electron chi connectivity index (χ1n) is 11.8. The number of hydrogen-bond donors (Lipinski definition) is 3. The molecule has 1 aromatic heterocycles. The fraction of sp³-hybridized carbons (Fsp3) is 0.286. The average molecular weight is 490 g/mol. The van der Waals surface area contributed by atoms with Gasteiger partial charge in [-0.25, -0.2) is 4.98 Å². The number of benzene rings is 2. The van der Waals surface area contributed by atoms with Crippen molar-refractivity contribution in [1.29, 1.82) is 0 Å². The lowest BCUT2D eigenvalue weighted by Crippen LogP contribution is -2.27. The first-order valence-corrected chi connectivity index (χ1v) is 11.8. The number of hydrogen-bond acceptors (Lipinski definition) is 7. The van der Waals surface area contributed by atoms with Crippen LogP contribution in [0.4, 0.5) is 5.69 Å². The number of anilines is 1. The number of nitrogens with zero attached hydrogens (tertiary/aromatic N) is 2. The van der Waals surface area contributed by atoms with Crippen LogP contribution in [0.3, 0.4) is 0 Å². The number of fused-ring (bicyclic) bond motifs is 1. The highest BCUT2D eigenvalue weighted by atomic mass is 16.1. The zero-order valence-electron chi connectivity index (χ0n) is 21.2. The van der Waals surface area contributed by atoms with Gasteiger partial charge in [0.25, 0.3) is 0 Å². The molecule has 2 aromatic carbocycles. The molecule has 1 fully saturated rings. The van der Waals surface area contributed by atoms with Crippen molar-refractivity contribution in [3.8, 4) is 11.3 Å². The molecule has 1 unspecified atom stereocenters. The SMILES string of the molecule is C=CC(=O)Nc1cccc2ccc(-c3cccc(C=O)n3)cc12.CNC1CCN(C)C1.CNCC=O. The van der Waals surface area contributed by atoms with Gasteiger partial charge in [-0.2, -0.15) is 0 Å². The van der Waals surface area contributed by atoms with E-state index in [-0.39, 0.29) is 5.91 Å². The molecular formula is C28H35N5O3. The highest BCUT2D eigenvalue weighted by Crippen LogP contribution is 2.28. The molecule has 0 radical (unpaired) electrons. The molecule has 1 aliphatic rings. The van der Waals surface area contributed by atoms with Gasteiger partial charge in [0.05, 0.1) is 12.2 Å². The van der Waals surface area contributed by atoms with Gasteiger partial charge in [0.15, 0.2) is 6.29 Å². The molecule has 0 spiro atoms. The molecule has 1 amide bonds. The number of likely N-dealkylation sites (N-methyl/N-ethyl adjacent to an activating group) is 3. The van der Waals surface area contributed by atoms with Crippen molar-refractivity contribution in [1.82, 2.24) is 20.5 Å². The summed E-state index contributed by atoms with van der Waals surface area (Å²) in [7, 11) is 5.93. The second kappa shape index (κ2) is 15.3.